The first kappa shape index (κ1) is 11.0. The van der Waals surface area contributed by atoms with E-state index in [1.807, 2.05) is 0 Å². The van der Waals surface area contributed by atoms with Crippen LogP contribution >= 0.6 is 0 Å². The average Bonchev–Trinajstić information content (AvgIpc) is 2.59. The number of nitrogens with one attached hydrogen (secondary N) is 2. The minimum absolute atomic E-state index is 0.689. The molecule has 0 bridgehead atoms. The maximum Gasteiger partial charge on any atom is 0.201 e. The van der Waals surface area contributed by atoms with Crippen LogP contribution in [0.4, 0.5) is 5.95 Å². The molecule has 3 nitrogen and oxygen atoms in total. The first-order valence-corrected chi connectivity index (χ1v) is 5.91. The lowest BCUT2D eigenvalue weighted by Gasteiger charge is -2.03. The summed E-state index contributed by atoms with van der Waals surface area (Å²) in [4.78, 5) is 7.74. The predicted octanol–water partition coefficient (Wildman–Crippen LogP) is 3.19. The van der Waals surface area contributed by atoms with Crippen LogP contribution in [0.25, 0.3) is 11.0 Å². The van der Waals surface area contributed by atoms with E-state index in [1.54, 1.807) is 0 Å². The largest absolute Gasteiger partial charge is 0.356 e. The van der Waals surface area contributed by atoms with Crippen molar-refractivity contribution in [2.24, 2.45) is 5.92 Å². The Balaban J connectivity index is 2.30. The molecule has 16 heavy (non-hydrogen) atoms. The fourth-order valence-corrected chi connectivity index (χ4v) is 1.91. The number of hydrogen-bond donors (Lipinski definition) is 2. The molecule has 0 aliphatic heterocycles. The van der Waals surface area contributed by atoms with Crippen molar-refractivity contribution in [3.05, 3.63) is 23.8 Å². The van der Waals surface area contributed by atoms with Gasteiger partial charge in [0, 0.05) is 6.54 Å². The molecule has 0 saturated carbocycles. The standard InChI is InChI=1S/C13H19N3/c1-4-14-13-15-11-6-5-10(7-9(2)3)8-12(11)16-13/h5-6,8-9H,4,7H2,1-3H3,(H2,14,15,16). The second-order valence-electron chi connectivity index (χ2n) is 4.57. The third-order valence-electron chi connectivity index (χ3n) is 2.53. The van der Waals surface area contributed by atoms with E-state index >= 15 is 0 Å². The maximum atomic E-state index is 4.46. The normalized spacial score (nSPS) is 11.2. The van der Waals surface area contributed by atoms with Crippen molar-refractivity contribution in [3.63, 3.8) is 0 Å². The topological polar surface area (TPSA) is 40.7 Å². The lowest BCUT2D eigenvalue weighted by atomic mass is 10.0. The van der Waals surface area contributed by atoms with Crippen molar-refractivity contribution in [2.45, 2.75) is 27.2 Å². The zero-order valence-corrected chi connectivity index (χ0v) is 10.2. The number of anilines is 1. The predicted molar refractivity (Wildman–Crippen MR) is 68.8 cm³/mol. The molecule has 0 saturated heterocycles. The molecule has 0 spiro atoms. The number of H-pyrrole nitrogens is 1. The van der Waals surface area contributed by atoms with E-state index in [0.717, 1.165) is 29.9 Å². The number of nitrogens with zero attached hydrogens (tertiary/aromatic N) is 1. The third-order valence-corrected chi connectivity index (χ3v) is 2.53. The Morgan fingerprint density at radius 1 is 1.38 bits per heavy atom. The van der Waals surface area contributed by atoms with Gasteiger partial charge in [0.15, 0.2) is 0 Å². The van der Waals surface area contributed by atoms with E-state index in [1.165, 1.54) is 5.56 Å². The minimum atomic E-state index is 0.689. The second-order valence-corrected chi connectivity index (χ2v) is 4.57. The fraction of sp³-hybridized carbons (Fsp3) is 0.462. The van der Waals surface area contributed by atoms with Gasteiger partial charge in [-0.05, 0) is 37.0 Å². The summed E-state index contributed by atoms with van der Waals surface area (Å²) in [5.41, 5.74) is 3.52. The number of fused-ring (bicyclic) bond motifs is 1. The van der Waals surface area contributed by atoms with Gasteiger partial charge >= 0.3 is 0 Å². The molecule has 0 aliphatic rings. The Morgan fingerprint density at radius 3 is 2.88 bits per heavy atom. The number of aromatic nitrogens is 2. The van der Waals surface area contributed by atoms with Gasteiger partial charge in [-0.3, -0.25) is 0 Å². The molecule has 86 valence electrons. The molecule has 2 aromatic rings. The molecule has 1 aromatic carbocycles. The smallest absolute Gasteiger partial charge is 0.201 e. The Labute approximate surface area is 96.3 Å². The average molecular weight is 217 g/mol. The summed E-state index contributed by atoms with van der Waals surface area (Å²) in [5.74, 6) is 1.55. The van der Waals surface area contributed by atoms with Crippen LogP contribution < -0.4 is 5.32 Å². The molecule has 0 amide bonds. The first-order valence-electron chi connectivity index (χ1n) is 5.91. The van der Waals surface area contributed by atoms with Gasteiger partial charge in [-0.2, -0.15) is 0 Å². The lowest BCUT2D eigenvalue weighted by Crippen LogP contribution is -1.97. The number of rotatable bonds is 4. The molecule has 0 atom stereocenters. The zero-order valence-electron chi connectivity index (χ0n) is 10.2. The van der Waals surface area contributed by atoms with E-state index in [2.05, 4.69) is 54.3 Å². The van der Waals surface area contributed by atoms with Crippen molar-refractivity contribution in [1.29, 1.82) is 0 Å². The maximum absolute atomic E-state index is 4.46. The Kier molecular flexibility index (Phi) is 3.13. The van der Waals surface area contributed by atoms with Crippen LogP contribution in [0.2, 0.25) is 0 Å². The van der Waals surface area contributed by atoms with Crippen LogP contribution in [-0.4, -0.2) is 16.5 Å². The van der Waals surface area contributed by atoms with Crippen LogP contribution in [0.15, 0.2) is 18.2 Å². The Hall–Kier alpha value is -1.51. The monoisotopic (exact) mass is 217 g/mol. The highest BCUT2D eigenvalue weighted by Gasteiger charge is 2.03. The van der Waals surface area contributed by atoms with Gasteiger partial charge in [0.1, 0.15) is 0 Å². The number of aromatic amines is 1. The van der Waals surface area contributed by atoms with Crippen LogP contribution in [0.1, 0.15) is 26.3 Å². The molecule has 0 unspecified atom stereocenters. The quantitative estimate of drug-likeness (QED) is 0.825. The van der Waals surface area contributed by atoms with E-state index in [-0.39, 0.29) is 0 Å². The summed E-state index contributed by atoms with van der Waals surface area (Å²) < 4.78 is 0. The van der Waals surface area contributed by atoms with Gasteiger partial charge in [-0.25, -0.2) is 4.98 Å². The van der Waals surface area contributed by atoms with Crippen molar-refractivity contribution in [1.82, 2.24) is 9.97 Å². The molecular formula is C13H19N3. The number of benzene rings is 1. The summed E-state index contributed by atoms with van der Waals surface area (Å²) in [6, 6.07) is 6.45. The SMILES string of the molecule is CCNc1nc2ccc(CC(C)C)cc2[nH]1. The van der Waals surface area contributed by atoms with E-state index in [4.69, 9.17) is 0 Å². The molecule has 3 heteroatoms. The van der Waals surface area contributed by atoms with Gasteiger partial charge in [-0.15, -0.1) is 0 Å². The van der Waals surface area contributed by atoms with Crippen LogP contribution in [-0.2, 0) is 6.42 Å². The van der Waals surface area contributed by atoms with Crippen molar-refractivity contribution in [2.75, 3.05) is 11.9 Å². The Bertz CT molecular complexity index is 471. The molecule has 2 N–H and O–H groups in total. The number of imidazole rings is 1. The van der Waals surface area contributed by atoms with Gasteiger partial charge in [-0.1, -0.05) is 19.9 Å². The zero-order chi connectivity index (χ0) is 11.5. The molecule has 0 aliphatic carbocycles. The summed E-state index contributed by atoms with van der Waals surface area (Å²) in [6.45, 7) is 7.43. The van der Waals surface area contributed by atoms with Crippen LogP contribution in [0, 0.1) is 5.92 Å². The molecule has 0 fully saturated rings. The Morgan fingerprint density at radius 2 is 2.19 bits per heavy atom. The highest BCUT2D eigenvalue weighted by Crippen LogP contribution is 2.18. The summed E-state index contributed by atoms with van der Waals surface area (Å²) in [6.07, 6.45) is 1.12. The summed E-state index contributed by atoms with van der Waals surface area (Å²) in [7, 11) is 0. The molecule has 0 radical (unpaired) electrons. The van der Waals surface area contributed by atoms with Crippen LogP contribution in [0.5, 0.6) is 0 Å². The van der Waals surface area contributed by atoms with E-state index in [0.29, 0.717) is 5.92 Å². The van der Waals surface area contributed by atoms with Crippen molar-refractivity contribution >= 4 is 17.0 Å². The highest BCUT2D eigenvalue weighted by molar-refractivity contribution is 5.78. The van der Waals surface area contributed by atoms with Crippen LogP contribution in [0.3, 0.4) is 0 Å². The molecule has 1 heterocycles. The first-order chi connectivity index (χ1) is 7.69. The van der Waals surface area contributed by atoms with Crippen molar-refractivity contribution < 1.29 is 0 Å². The second kappa shape index (κ2) is 4.56. The molecular weight excluding hydrogens is 198 g/mol. The molecule has 2 rings (SSSR count). The lowest BCUT2D eigenvalue weighted by molar-refractivity contribution is 0.648. The fourth-order valence-electron chi connectivity index (χ4n) is 1.91. The van der Waals surface area contributed by atoms with Gasteiger partial charge in [0.2, 0.25) is 5.95 Å². The number of hydrogen-bond acceptors (Lipinski definition) is 2. The van der Waals surface area contributed by atoms with Crippen molar-refractivity contribution in [3.8, 4) is 0 Å². The highest BCUT2D eigenvalue weighted by atomic mass is 15.1. The molecule has 1 aromatic heterocycles. The van der Waals surface area contributed by atoms with Gasteiger partial charge in [0.25, 0.3) is 0 Å². The summed E-state index contributed by atoms with van der Waals surface area (Å²) >= 11 is 0. The third kappa shape index (κ3) is 2.35. The van der Waals surface area contributed by atoms with Gasteiger partial charge < -0.3 is 10.3 Å². The van der Waals surface area contributed by atoms with Gasteiger partial charge in [0.05, 0.1) is 11.0 Å². The van der Waals surface area contributed by atoms with E-state index < -0.39 is 0 Å². The minimum Gasteiger partial charge on any atom is -0.356 e. The summed E-state index contributed by atoms with van der Waals surface area (Å²) in [5, 5.41) is 3.19. The van der Waals surface area contributed by atoms with E-state index in [9.17, 15) is 0 Å².